The summed E-state index contributed by atoms with van der Waals surface area (Å²) in [6.07, 6.45) is 2.51. The minimum absolute atomic E-state index is 0.0241. The summed E-state index contributed by atoms with van der Waals surface area (Å²) < 4.78 is 11.9. The SMILES string of the molecule is COC(=O)[C@@H]1C[C@@](C)(O[Si](C)(C)C(C)(C)C)[C@@H]2CC[C@@H](C(C)=O)[C@@H]21. The maximum atomic E-state index is 12.4. The molecule has 5 heteroatoms. The van der Waals surface area contributed by atoms with Crippen molar-refractivity contribution in [3.63, 3.8) is 0 Å². The van der Waals surface area contributed by atoms with Crippen molar-refractivity contribution < 1.29 is 18.8 Å². The Morgan fingerprint density at radius 3 is 2.17 bits per heavy atom. The third-order valence-corrected chi connectivity index (χ3v) is 11.5. The molecule has 0 aromatic rings. The molecule has 138 valence electrons. The molecular formula is C19H34O4Si. The Morgan fingerprint density at radius 2 is 1.71 bits per heavy atom. The van der Waals surface area contributed by atoms with Gasteiger partial charge in [0.1, 0.15) is 5.78 Å². The molecule has 2 rings (SSSR count). The van der Waals surface area contributed by atoms with E-state index in [1.54, 1.807) is 6.92 Å². The van der Waals surface area contributed by atoms with Crippen molar-refractivity contribution in [2.45, 2.75) is 77.6 Å². The second-order valence-corrected chi connectivity index (χ2v) is 14.2. The van der Waals surface area contributed by atoms with Gasteiger partial charge in [0.05, 0.1) is 18.6 Å². The summed E-state index contributed by atoms with van der Waals surface area (Å²) in [4.78, 5) is 24.5. The first-order chi connectivity index (χ1) is 10.8. The van der Waals surface area contributed by atoms with Gasteiger partial charge in [-0.2, -0.15) is 0 Å². The van der Waals surface area contributed by atoms with Crippen LogP contribution in [0.2, 0.25) is 18.1 Å². The predicted octanol–water partition coefficient (Wildman–Crippen LogP) is 4.19. The quantitative estimate of drug-likeness (QED) is 0.561. The second-order valence-electron chi connectivity index (χ2n) is 9.49. The fourth-order valence-electron chi connectivity index (χ4n) is 4.74. The van der Waals surface area contributed by atoms with Gasteiger partial charge in [-0.25, -0.2) is 0 Å². The van der Waals surface area contributed by atoms with Crippen LogP contribution in [0.1, 0.15) is 53.9 Å². The molecular weight excluding hydrogens is 320 g/mol. The van der Waals surface area contributed by atoms with Crippen LogP contribution in [0.5, 0.6) is 0 Å². The third kappa shape index (κ3) is 3.21. The molecule has 2 fully saturated rings. The second kappa shape index (κ2) is 6.24. The van der Waals surface area contributed by atoms with E-state index < -0.39 is 8.32 Å². The fraction of sp³-hybridized carbons (Fsp3) is 0.895. The molecule has 0 aliphatic heterocycles. The van der Waals surface area contributed by atoms with E-state index in [0.717, 1.165) is 12.8 Å². The Labute approximate surface area is 147 Å². The Hall–Kier alpha value is -0.683. The number of hydrogen-bond acceptors (Lipinski definition) is 4. The summed E-state index contributed by atoms with van der Waals surface area (Å²) in [5.41, 5.74) is -0.337. The van der Waals surface area contributed by atoms with E-state index in [1.807, 2.05) is 0 Å². The van der Waals surface area contributed by atoms with Crippen molar-refractivity contribution in [3.05, 3.63) is 0 Å². The number of carbonyl (C=O) groups excluding carboxylic acids is 2. The van der Waals surface area contributed by atoms with Gasteiger partial charge in [0.2, 0.25) is 0 Å². The zero-order chi connectivity index (χ0) is 18.5. The highest BCUT2D eigenvalue weighted by Crippen LogP contribution is 2.59. The minimum Gasteiger partial charge on any atom is -0.469 e. The molecule has 0 amide bonds. The smallest absolute Gasteiger partial charge is 0.309 e. The minimum atomic E-state index is -1.96. The average molecular weight is 355 g/mol. The first-order valence-corrected chi connectivity index (χ1v) is 12.0. The van der Waals surface area contributed by atoms with Gasteiger partial charge in [-0.15, -0.1) is 0 Å². The molecule has 0 saturated heterocycles. The lowest BCUT2D eigenvalue weighted by atomic mass is 9.82. The van der Waals surface area contributed by atoms with Crippen LogP contribution in [-0.4, -0.2) is 32.8 Å². The molecule has 5 atom stereocenters. The number of methoxy groups -OCH3 is 1. The number of fused-ring (bicyclic) bond motifs is 1. The van der Waals surface area contributed by atoms with Gasteiger partial charge in [0.25, 0.3) is 0 Å². The van der Waals surface area contributed by atoms with Crippen molar-refractivity contribution in [2.75, 3.05) is 7.11 Å². The number of hydrogen-bond donors (Lipinski definition) is 0. The number of carbonyl (C=O) groups is 2. The lowest BCUT2D eigenvalue weighted by Crippen LogP contribution is -2.50. The summed E-state index contributed by atoms with van der Waals surface area (Å²) >= 11 is 0. The maximum absolute atomic E-state index is 12.4. The van der Waals surface area contributed by atoms with Gasteiger partial charge in [-0.05, 0) is 63.1 Å². The van der Waals surface area contributed by atoms with Crippen molar-refractivity contribution >= 4 is 20.1 Å². The van der Waals surface area contributed by atoms with E-state index in [2.05, 4.69) is 40.8 Å². The zero-order valence-corrected chi connectivity index (χ0v) is 17.6. The lowest BCUT2D eigenvalue weighted by Gasteiger charge is -2.45. The molecule has 0 N–H and O–H groups in total. The highest BCUT2D eigenvalue weighted by atomic mass is 28.4. The van der Waals surface area contributed by atoms with Gasteiger partial charge < -0.3 is 9.16 Å². The fourth-order valence-corrected chi connectivity index (χ4v) is 6.45. The Balaban J connectivity index is 2.36. The van der Waals surface area contributed by atoms with E-state index in [4.69, 9.17) is 9.16 Å². The van der Waals surface area contributed by atoms with E-state index >= 15 is 0 Å². The monoisotopic (exact) mass is 354 g/mol. The Morgan fingerprint density at radius 1 is 1.12 bits per heavy atom. The van der Waals surface area contributed by atoms with Crippen LogP contribution < -0.4 is 0 Å². The lowest BCUT2D eigenvalue weighted by molar-refractivity contribution is -0.148. The summed E-state index contributed by atoms with van der Waals surface area (Å²) in [6.45, 7) is 15.0. The number of ketones is 1. The average Bonchev–Trinajstić information content (AvgIpc) is 2.97. The van der Waals surface area contributed by atoms with E-state index in [0.29, 0.717) is 6.42 Å². The number of rotatable bonds is 4. The van der Waals surface area contributed by atoms with Crippen LogP contribution in [0, 0.1) is 23.7 Å². The molecule has 2 aliphatic carbocycles. The molecule has 0 spiro atoms. The van der Waals surface area contributed by atoms with Crippen LogP contribution in [0.4, 0.5) is 0 Å². The Bertz CT molecular complexity index is 522. The number of esters is 1. The molecule has 0 unspecified atom stereocenters. The van der Waals surface area contributed by atoms with E-state index in [-0.39, 0.29) is 46.1 Å². The van der Waals surface area contributed by atoms with Crippen LogP contribution in [0.15, 0.2) is 0 Å². The molecule has 0 bridgehead atoms. The molecule has 2 aliphatic rings. The molecule has 24 heavy (non-hydrogen) atoms. The Kier molecular flexibility index (Phi) is 5.11. The van der Waals surface area contributed by atoms with Crippen LogP contribution in [-0.2, 0) is 18.8 Å². The molecule has 2 saturated carbocycles. The molecule has 0 aromatic carbocycles. The first-order valence-electron chi connectivity index (χ1n) is 9.12. The summed E-state index contributed by atoms with van der Waals surface area (Å²) in [6, 6.07) is 0. The van der Waals surface area contributed by atoms with Gasteiger partial charge in [-0.1, -0.05) is 20.8 Å². The topological polar surface area (TPSA) is 52.6 Å². The number of Topliss-reactive ketones (excluding diaryl/α,β-unsaturated/α-hetero) is 1. The van der Waals surface area contributed by atoms with Crippen molar-refractivity contribution in [3.8, 4) is 0 Å². The third-order valence-electron chi connectivity index (χ3n) is 6.91. The van der Waals surface area contributed by atoms with Crippen molar-refractivity contribution in [2.24, 2.45) is 23.7 Å². The molecule has 4 nitrogen and oxygen atoms in total. The maximum Gasteiger partial charge on any atom is 0.309 e. The van der Waals surface area contributed by atoms with Crippen LogP contribution >= 0.6 is 0 Å². The highest BCUT2D eigenvalue weighted by molar-refractivity contribution is 6.74. The number of ether oxygens (including phenoxy) is 1. The van der Waals surface area contributed by atoms with Gasteiger partial charge in [-0.3, -0.25) is 9.59 Å². The van der Waals surface area contributed by atoms with Crippen molar-refractivity contribution in [1.82, 2.24) is 0 Å². The van der Waals surface area contributed by atoms with Gasteiger partial charge in [0, 0.05) is 5.92 Å². The van der Waals surface area contributed by atoms with Gasteiger partial charge >= 0.3 is 5.97 Å². The van der Waals surface area contributed by atoms with Crippen molar-refractivity contribution in [1.29, 1.82) is 0 Å². The van der Waals surface area contributed by atoms with E-state index in [1.165, 1.54) is 7.11 Å². The van der Waals surface area contributed by atoms with Crippen LogP contribution in [0.3, 0.4) is 0 Å². The molecule has 0 aromatic heterocycles. The molecule has 0 radical (unpaired) electrons. The summed E-state index contributed by atoms with van der Waals surface area (Å²) in [7, 11) is -0.519. The normalized spacial score (nSPS) is 36.5. The predicted molar refractivity (Wildman–Crippen MR) is 97.2 cm³/mol. The zero-order valence-electron chi connectivity index (χ0n) is 16.6. The summed E-state index contributed by atoms with van der Waals surface area (Å²) in [5, 5.41) is 0.118. The first kappa shape index (κ1) is 19.6. The highest BCUT2D eigenvalue weighted by Gasteiger charge is 2.61. The molecule has 0 heterocycles. The summed E-state index contributed by atoms with van der Waals surface area (Å²) in [5.74, 6) is 0.123. The standard InChI is InChI=1S/C19H34O4Si/c1-12(20)13-9-10-15-16(13)14(17(21)22-6)11-19(15,5)23-24(7,8)18(2,3)4/h13-16H,9-11H2,1-8H3/t13-,14+,15+,16+,19+/m0/s1. The van der Waals surface area contributed by atoms with Gasteiger partial charge in [0.15, 0.2) is 8.32 Å². The van der Waals surface area contributed by atoms with Crippen LogP contribution in [0.25, 0.3) is 0 Å². The largest absolute Gasteiger partial charge is 0.469 e. The van der Waals surface area contributed by atoms with E-state index in [9.17, 15) is 9.59 Å².